The van der Waals surface area contributed by atoms with E-state index >= 15 is 0 Å². The predicted molar refractivity (Wildman–Crippen MR) is 99.7 cm³/mol. The van der Waals surface area contributed by atoms with Gasteiger partial charge < -0.3 is 5.11 Å². The van der Waals surface area contributed by atoms with Crippen molar-refractivity contribution in [1.29, 1.82) is 0 Å². The molecule has 2 nitrogen and oxygen atoms in total. The second kappa shape index (κ2) is 7.58. The molecule has 0 aromatic rings. The van der Waals surface area contributed by atoms with Crippen LogP contribution in [0.5, 0.6) is 0 Å². The highest BCUT2D eigenvalue weighted by Gasteiger charge is 2.50. The van der Waals surface area contributed by atoms with Gasteiger partial charge in [0.15, 0.2) is 0 Å². The van der Waals surface area contributed by atoms with Crippen LogP contribution in [0.2, 0.25) is 0 Å². The molecule has 2 saturated carbocycles. The summed E-state index contributed by atoms with van der Waals surface area (Å²) < 4.78 is 0. The lowest BCUT2D eigenvalue weighted by atomic mass is 9.61. The Morgan fingerprint density at radius 2 is 2.26 bits per heavy atom. The molecule has 0 aliphatic heterocycles. The Balaban J connectivity index is 1.95. The SMILES string of the molecule is C[C@H](CCC[C@@](C)(O)C(=O)Cl)[C@H]1CCC2C(=CBr)CCC[C@@]21C. The summed E-state index contributed by atoms with van der Waals surface area (Å²) in [4.78, 5) is 13.4. The van der Waals surface area contributed by atoms with Gasteiger partial charge in [-0.15, -0.1) is 0 Å². The normalized spacial score (nSPS) is 36.5. The Kier molecular flexibility index (Phi) is 6.41. The highest BCUT2D eigenvalue weighted by atomic mass is 79.9. The summed E-state index contributed by atoms with van der Waals surface area (Å²) >= 11 is 9.03. The average Bonchev–Trinajstić information content (AvgIpc) is 2.83. The quantitative estimate of drug-likeness (QED) is 0.567. The zero-order valence-corrected chi connectivity index (χ0v) is 16.9. The first-order valence-corrected chi connectivity index (χ1v) is 10.2. The number of hydrogen-bond acceptors (Lipinski definition) is 2. The number of aliphatic hydroxyl groups is 1. The first-order valence-electron chi connectivity index (χ1n) is 8.94. The van der Waals surface area contributed by atoms with Gasteiger partial charge in [0, 0.05) is 0 Å². The van der Waals surface area contributed by atoms with E-state index < -0.39 is 10.8 Å². The highest BCUT2D eigenvalue weighted by molar-refractivity contribution is 9.11. The van der Waals surface area contributed by atoms with E-state index in [2.05, 4.69) is 34.8 Å². The molecule has 1 unspecified atom stereocenters. The van der Waals surface area contributed by atoms with Gasteiger partial charge in [0.05, 0.1) is 0 Å². The van der Waals surface area contributed by atoms with Gasteiger partial charge in [-0.05, 0) is 91.6 Å². The van der Waals surface area contributed by atoms with Crippen molar-refractivity contribution >= 4 is 32.8 Å². The van der Waals surface area contributed by atoms with Crippen LogP contribution in [-0.4, -0.2) is 16.0 Å². The Labute approximate surface area is 154 Å². The Morgan fingerprint density at radius 3 is 2.87 bits per heavy atom. The van der Waals surface area contributed by atoms with Gasteiger partial charge >= 0.3 is 0 Å². The zero-order chi connectivity index (χ0) is 17.3. The largest absolute Gasteiger partial charge is 0.381 e. The van der Waals surface area contributed by atoms with Crippen molar-refractivity contribution in [1.82, 2.24) is 0 Å². The van der Waals surface area contributed by atoms with E-state index in [1.807, 2.05) is 0 Å². The van der Waals surface area contributed by atoms with E-state index in [9.17, 15) is 9.90 Å². The second-order valence-electron chi connectivity index (χ2n) is 8.20. The van der Waals surface area contributed by atoms with Crippen LogP contribution < -0.4 is 0 Å². The maximum atomic E-state index is 11.2. The fraction of sp³-hybridized carbons (Fsp3) is 0.842. The average molecular weight is 406 g/mol. The van der Waals surface area contributed by atoms with E-state index in [0.29, 0.717) is 17.8 Å². The minimum atomic E-state index is -1.37. The van der Waals surface area contributed by atoms with Crippen LogP contribution in [0.25, 0.3) is 0 Å². The molecule has 0 bridgehead atoms. The van der Waals surface area contributed by atoms with Crippen molar-refractivity contribution in [3.05, 3.63) is 10.6 Å². The lowest BCUT2D eigenvalue weighted by Crippen LogP contribution is -2.36. The molecule has 0 aromatic heterocycles. The van der Waals surface area contributed by atoms with Gasteiger partial charge in [-0.1, -0.05) is 41.8 Å². The van der Waals surface area contributed by atoms with Gasteiger partial charge in [0.2, 0.25) is 0 Å². The van der Waals surface area contributed by atoms with Crippen LogP contribution in [0.4, 0.5) is 0 Å². The number of carbonyl (C=O) groups is 1. The van der Waals surface area contributed by atoms with Crippen LogP contribution in [0, 0.1) is 23.2 Å². The number of hydrogen-bond donors (Lipinski definition) is 1. The summed E-state index contributed by atoms with van der Waals surface area (Å²) in [5.41, 5.74) is 0.645. The van der Waals surface area contributed by atoms with Crippen molar-refractivity contribution in [2.45, 2.75) is 77.7 Å². The van der Waals surface area contributed by atoms with Gasteiger partial charge in [-0.25, -0.2) is 0 Å². The van der Waals surface area contributed by atoms with E-state index in [4.69, 9.17) is 11.6 Å². The molecule has 0 radical (unpaired) electrons. The summed E-state index contributed by atoms with van der Waals surface area (Å²) in [5.74, 6) is 2.10. The van der Waals surface area contributed by atoms with E-state index in [0.717, 1.165) is 24.7 Å². The molecule has 0 heterocycles. The summed E-state index contributed by atoms with van der Waals surface area (Å²) in [5, 5.41) is 9.34. The van der Waals surface area contributed by atoms with E-state index in [1.165, 1.54) is 39.0 Å². The number of halogens is 2. The summed E-state index contributed by atoms with van der Waals surface area (Å²) in [6.45, 7) is 6.36. The fourth-order valence-corrected chi connectivity index (χ4v) is 5.86. The molecule has 5 atom stereocenters. The third kappa shape index (κ3) is 4.04. The summed E-state index contributed by atoms with van der Waals surface area (Å²) in [6, 6.07) is 0. The van der Waals surface area contributed by atoms with E-state index in [1.54, 1.807) is 5.57 Å². The molecule has 0 amide bonds. The Bertz CT molecular complexity index is 474. The van der Waals surface area contributed by atoms with Crippen molar-refractivity contribution in [3.8, 4) is 0 Å². The Morgan fingerprint density at radius 1 is 1.57 bits per heavy atom. The second-order valence-corrected chi connectivity index (χ2v) is 9.00. The molecule has 0 spiro atoms. The molecule has 0 saturated heterocycles. The maximum absolute atomic E-state index is 11.2. The predicted octanol–water partition coefficient (Wildman–Crippen LogP) is 5.80. The van der Waals surface area contributed by atoms with Gasteiger partial charge in [0.1, 0.15) is 5.60 Å². The van der Waals surface area contributed by atoms with Crippen LogP contribution in [0.1, 0.15) is 72.1 Å². The minimum Gasteiger partial charge on any atom is -0.381 e. The zero-order valence-electron chi connectivity index (χ0n) is 14.6. The van der Waals surface area contributed by atoms with Crippen LogP contribution >= 0.6 is 27.5 Å². The van der Waals surface area contributed by atoms with Crippen molar-refractivity contribution in [3.63, 3.8) is 0 Å². The van der Waals surface area contributed by atoms with Crippen molar-refractivity contribution < 1.29 is 9.90 Å². The van der Waals surface area contributed by atoms with Crippen LogP contribution in [0.3, 0.4) is 0 Å². The molecule has 0 aromatic carbocycles. The van der Waals surface area contributed by atoms with E-state index in [-0.39, 0.29) is 0 Å². The molecule has 132 valence electrons. The smallest absolute Gasteiger partial charge is 0.252 e. The molecule has 2 aliphatic carbocycles. The monoisotopic (exact) mass is 404 g/mol. The third-order valence-electron chi connectivity index (χ3n) is 6.61. The topological polar surface area (TPSA) is 37.3 Å². The van der Waals surface area contributed by atoms with Gasteiger partial charge in [0.25, 0.3) is 5.24 Å². The molecule has 4 heteroatoms. The number of allylic oxidation sites excluding steroid dienone is 1. The lowest BCUT2D eigenvalue weighted by Gasteiger charge is -2.44. The first kappa shape index (κ1) is 19.5. The van der Waals surface area contributed by atoms with Gasteiger partial charge in [-0.3, -0.25) is 4.79 Å². The van der Waals surface area contributed by atoms with Gasteiger partial charge in [-0.2, -0.15) is 0 Å². The number of fused-ring (bicyclic) bond motifs is 1. The molecule has 2 fully saturated rings. The standard InChI is InChI=1S/C19H30BrClO2/c1-13(6-4-11-19(3,23)17(21)22)15-8-9-16-14(12-20)7-5-10-18(15,16)2/h12-13,15-16,23H,4-11H2,1-3H3/t13-,15-,16?,18-,19-/m1/s1. The summed E-state index contributed by atoms with van der Waals surface area (Å²) in [6.07, 6.45) is 8.84. The van der Waals surface area contributed by atoms with Crippen molar-refractivity contribution in [2.24, 2.45) is 23.2 Å². The van der Waals surface area contributed by atoms with Crippen molar-refractivity contribution in [2.75, 3.05) is 0 Å². The molecule has 2 aliphatic rings. The molecular weight excluding hydrogens is 376 g/mol. The lowest BCUT2D eigenvalue weighted by molar-refractivity contribution is -0.127. The Hall–Kier alpha value is 0.140. The molecule has 1 N–H and O–H groups in total. The molecule has 2 rings (SSSR count). The third-order valence-corrected chi connectivity index (χ3v) is 7.61. The number of carbonyl (C=O) groups excluding carboxylic acids is 1. The number of rotatable bonds is 6. The van der Waals surface area contributed by atoms with Crippen LogP contribution in [-0.2, 0) is 4.79 Å². The minimum absolute atomic E-state index is 0.419. The van der Waals surface area contributed by atoms with Crippen LogP contribution in [0.15, 0.2) is 10.6 Å². The highest BCUT2D eigenvalue weighted by Crippen LogP contribution is 2.60. The molecular formula is C19H30BrClO2. The first-order chi connectivity index (χ1) is 10.7. The molecule has 23 heavy (non-hydrogen) atoms. The fourth-order valence-electron chi connectivity index (χ4n) is 5.21. The maximum Gasteiger partial charge on any atom is 0.252 e. The summed E-state index contributed by atoms with van der Waals surface area (Å²) in [7, 11) is 0.